The Hall–Kier alpha value is -3.54. The molecule has 0 N–H and O–H groups in total. The number of carbonyl (C=O) groups excluding carboxylic acids is 2. The highest BCUT2D eigenvalue weighted by atomic mass is 16.5. The van der Waals surface area contributed by atoms with E-state index in [0.29, 0.717) is 36.8 Å². The molecule has 0 radical (unpaired) electrons. The molecule has 162 valence electrons. The van der Waals surface area contributed by atoms with Crippen LogP contribution in [0.4, 0.5) is 5.69 Å². The average molecular weight is 421 g/mol. The van der Waals surface area contributed by atoms with E-state index in [2.05, 4.69) is 0 Å². The first-order valence-electron chi connectivity index (χ1n) is 10.4. The number of amides is 1. The molecule has 0 spiro atoms. The lowest BCUT2D eigenvalue weighted by atomic mass is 10.1. The molecule has 0 aliphatic rings. The Morgan fingerprint density at radius 2 is 1.55 bits per heavy atom. The average Bonchev–Trinajstić information content (AvgIpc) is 2.79. The van der Waals surface area contributed by atoms with E-state index >= 15 is 0 Å². The second-order valence-electron chi connectivity index (χ2n) is 6.74. The Labute approximate surface area is 182 Å². The molecule has 0 saturated heterocycles. The number of nitrogens with zero attached hydrogens (tertiary/aromatic N) is 1. The van der Waals surface area contributed by atoms with Crippen molar-refractivity contribution in [3.05, 3.63) is 66.2 Å². The summed E-state index contributed by atoms with van der Waals surface area (Å²) in [6.07, 6.45) is 0. The standard InChI is InChI=1S/C25H27NO5/c1-4-26(21-13-9-11-18-10-7-8-12-20(18)21)24(27)17-31-25(28)19-14-15-22(29-5-2)23(16-19)30-6-3/h7-16H,4-6,17H2,1-3H3. The van der Waals surface area contributed by atoms with Crippen molar-refractivity contribution >= 4 is 28.3 Å². The lowest BCUT2D eigenvalue weighted by molar-refractivity contribution is -0.121. The highest BCUT2D eigenvalue weighted by molar-refractivity contribution is 6.04. The third-order valence-corrected chi connectivity index (χ3v) is 4.78. The lowest BCUT2D eigenvalue weighted by Crippen LogP contribution is -2.34. The number of ether oxygens (including phenoxy) is 3. The molecule has 0 heterocycles. The predicted molar refractivity (Wildman–Crippen MR) is 121 cm³/mol. The van der Waals surface area contributed by atoms with E-state index in [4.69, 9.17) is 14.2 Å². The van der Waals surface area contributed by atoms with Gasteiger partial charge >= 0.3 is 5.97 Å². The van der Waals surface area contributed by atoms with E-state index in [1.54, 1.807) is 23.1 Å². The molecular formula is C25H27NO5. The summed E-state index contributed by atoms with van der Waals surface area (Å²) in [5, 5.41) is 2.01. The van der Waals surface area contributed by atoms with Crippen molar-refractivity contribution in [3.8, 4) is 11.5 Å². The highest BCUT2D eigenvalue weighted by Crippen LogP contribution is 2.29. The maximum atomic E-state index is 12.9. The fraction of sp³-hybridized carbons (Fsp3) is 0.280. The molecule has 6 heteroatoms. The van der Waals surface area contributed by atoms with Crippen molar-refractivity contribution in [2.24, 2.45) is 0 Å². The molecule has 6 nitrogen and oxygen atoms in total. The number of anilines is 1. The van der Waals surface area contributed by atoms with Gasteiger partial charge in [-0.15, -0.1) is 0 Å². The second kappa shape index (κ2) is 10.5. The van der Waals surface area contributed by atoms with E-state index in [0.717, 1.165) is 16.5 Å². The normalized spacial score (nSPS) is 10.5. The third-order valence-electron chi connectivity index (χ3n) is 4.78. The molecule has 1 amide bonds. The fourth-order valence-electron chi connectivity index (χ4n) is 3.39. The Bertz CT molecular complexity index is 1060. The summed E-state index contributed by atoms with van der Waals surface area (Å²) in [5.74, 6) is 0.149. The smallest absolute Gasteiger partial charge is 0.338 e. The summed E-state index contributed by atoms with van der Waals surface area (Å²) >= 11 is 0. The molecule has 0 fully saturated rings. The summed E-state index contributed by atoms with van der Waals surface area (Å²) in [7, 11) is 0. The third kappa shape index (κ3) is 5.15. The van der Waals surface area contributed by atoms with E-state index in [9.17, 15) is 9.59 Å². The minimum absolute atomic E-state index is 0.289. The van der Waals surface area contributed by atoms with E-state index in [1.165, 1.54) is 0 Å². The molecule has 0 aliphatic carbocycles. The summed E-state index contributed by atoms with van der Waals surface area (Å²) in [6, 6.07) is 18.5. The molecule has 3 rings (SSSR count). The van der Waals surface area contributed by atoms with Crippen molar-refractivity contribution in [1.82, 2.24) is 0 Å². The molecule has 0 aliphatic heterocycles. The van der Waals surface area contributed by atoms with Crippen LogP contribution in [0.3, 0.4) is 0 Å². The monoisotopic (exact) mass is 421 g/mol. The van der Waals surface area contributed by atoms with Gasteiger partial charge in [-0.05, 0) is 50.4 Å². The zero-order valence-electron chi connectivity index (χ0n) is 18.1. The molecule has 3 aromatic carbocycles. The molecule has 0 unspecified atom stereocenters. The first-order chi connectivity index (χ1) is 15.1. The first kappa shape index (κ1) is 22.2. The van der Waals surface area contributed by atoms with Crippen molar-refractivity contribution < 1.29 is 23.8 Å². The molecule has 0 bridgehead atoms. The van der Waals surface area contributed by atoms with Crippen molar-refractivity contribution in [2.45, 2.75) is 20.8 Å². The molecular weight excluding hydrogens is 394 g/mol. The zero-order chi connectivity index (χ0) is 22.2. The lowest BCUT2D eigenvalue weighted by Gasteiger charge is -2.22. The van der Waals surface area contributed by atoms with E-state index < -0.39 is 5.97 Å². The number of esters is 1. The Morgan fingerprint density at radius 3 is 2.29 bits per heavy atom. The summed E-state index contributed by atoms with van der Waals surface area (Å²) in [4.78, 5) is 27.0. The maximum absolute atomic E-state index is 12.9. The second-order valence-corrected chi connectivity index (χ2v) is 6.74. The predicted octanol–water partition coefficient (Wildman–Crippen LogP) is 4.85. The summed E-state index contributed by atoms with van der Waals surface area (Å²) in [6.45, 7) is 6.65. The van der Waals surface area contributed by atoms with Gasteiger partial charge in [-0.2, -0.15) is 0 Å². The quantitative estimate of drug-likeness (QED) is 0.462. The van der Waals surface area contributed by atoms with Gasteiger partial charge in [0, 0.05) is 11.9 Å². The van der Waals surface area contributed by atoms with Crippen LogP contribution < -0.4 is 14.4 Å². The van der Waals surface area contributed by atoms with Crippen LogP contribution in [0.25, 0.3) is 10.8 Å². The number of fused-ring (bicyclic) bond motifs is 1. The number of hydrogen-bond donors (Lipinski definition) is 0. The Balaban J connectivity index is 1.73. The van der Waals surface area contributed by atoms with Crippen LogP contribution in [0, 0.1) is 0 Å². The van der Waals surface area contributed by atoms with Crippen LogP contribution in [-0.4, -0.2) is 38.2 Å². The van der Waals surface area contributed by atoms with Gasteiger partial charge in [0.2, 0.25) is 0 Å². The first-order valence-corrected chi connectivity index (χ1v) is 10.4. The topological polar surface area (TPSA) is 65.1 Å². The Kier molecular flexibility index (Phi) is 7.49. The van der Waals surface area contributed by atoms with Gasteiger partial charge in [0.1, 0.15) is 0 Å². The van der Waals surface area contributed by atoms with Crippen LogP contribution in [0.1, 0.15) is 31.1 Å². The van der Waals surface area contributed by atoms with Crippen LogP contribution in [-0.2, 0) is 9.53 Å². The van der Waals surface area contributed by atoms with Gasteiger partial charge in [-0.25, -0.2) is 4.79 Å². The molecule has 3 aromatic rings. The van der Waals surface area contributed by atoms with Gasteiger partial charge < -0.3 is 19.1 Å². The Morgan fingerprint density at radius 1 is 0.839 bits per heavy atom. The van der Waals surface area contributed by atoms with Crippen LogP contribution in [0.15, 0.2) is 60.7 Å². The number of carbonyl (C=O) groups is 2. The summed E-state index contributed by atoms with van der Waals surface area (Å²) < 4.78 is 16.4. The van der Waals surface area contributed by atoms with Crippen LogP contribution in [0.2, 0.25) is 0 Å². The molecule has 31 heavy (non-hydrogen) atoms. The van der Waals surface area contributed by atoms with Gasteiger partial charge in [-0.3, -0.25) is 4.79 Å². The van der Waals surface area contributed by atoms with E-state index in [-0.39, 0.29) is 12.5 Å². The number of rotatable bonds is 9. The zero-order valence-corrected chi connectivity index (χ0v) is 18.1. The minimum Gasteiger partial charge on any atom is -0.490 e. The van der Waals surface area contributed by atoms with Crippen molar-refractivity contribution in [2.75, 3.05) is 31.3 Å². The van der Waals surface area contributed by atoms with Gasteiger partial charge in [0.15, 0.2) is 18.1 Å². The maximum Gasteiger partial charge on any atom is 0.338 e. The number of benzene rings is 3. The number of hydrogen-bond acceptors (Lipinski definition) is 5. The SMILES string of the molecule is CCOc1ccc(C(=O)OCC(=O)N(CC)c2cccc3ccccc23)cc1OCC. The van der Waals surface area contributed by atoms with Gasteiger partial charge in [0.25, 0.3) is 5.91 Å². The van der Waals surface area contributed by atoms with E-state index in [1.807, 2.05) is 63.2 Å². The molecule has 0 atom stereocenters. The van der Waals surface area contributed by atoms with Crippen molar-refractivity contribution in [1.29, 1.82) is 0 Å². The fourth-order valence-corrected chi connectivity index (χ4v) is 3.39. The summed E-state index contributed by atoms with van der Waals surface area (Å²) in [5.41, 5.74) is 1.09. The largest absolute Gasteiger partial charge is 0.490 e. The van der Waals surface area contributed by atoms with Gasteiger partial charge in [0.05, 0.1) is 24.5 Å². The van der Waals surface area contributed by atoms with Crippen LogP contribution in [0.5, 0.6) is 11.5 Å². The number of likely N-dealkylation sites (N-methyl/N-ethyl adjacent to an activating group) is 1. The van der Waals surface area contributed by atoms with Crippen molar-refractivity contribution in [3.63, 3.8) is 0 Å². The van der Waals surface area contributed by atoms with Gasteiger partial charge in [-0.1, -0.05) is 36.4 Å². The molecule has 0 saturated carbocycles. The highest BCUT2D eigenvalue weighted by Gasteiger charge is 2.19. The van der Waals surface area contributed by atoms with Crippen LogP contribution >= 0.6 is 0 Å². The minimum atomic E-state index is -0.591. The molecule has 0 aromatic heterocycles.